The lowest BCUT2D eigenvalue weighted by atomic mass is 9.93. The molecule has 0 saturated heterocycles. The van der Waals surface area contributed by atoms with Crippen LogP contribution in [0.2, 0.25) is 0 Å². The van der Waals surface area contributed by atoms with Crippen molar-refractivity contribution in [2.75, 3.05) is 0 Å². The van der Waals surface area contributed by atoms with Gasteiger partial charge in [-0.1, -0.05) is 51.0 Å². The van der Waals surface area contributed by atoms with Crippen LogP contribution in [0.5, 0.6) is 0 Å². The molecule has 3 atom stereocenters. The number of benzene rings is 1. The zero-order chi connectivity index (χ0) is 13.0. The lowest BCUT2D eigenvalue weighted by Crippen LogP contribution is -2.20. The standard InChI is InChI=1S/C17H26O/c1-3-13-5-7-15(8-6-13)12-17(18)16-10-9-14(4-2)11-16/h5-8,14,16-18H,3-4,9-12H2,1-2H3. The van der Waals surface area contributed by atoms with Crippen molar-refractivity contribution in [3.05, 3.63) is 35.4 Å². The molecule has 0 aliphatic heterocycles. The molecule has 1 aromatic rings. The third kappa shape index (κ3) is 3.35. The van der Waals surface area contributed by atoms with Gasteiger partial charge >= 0.3 is 0 Å². The minimum atomic E-state index is -0.144. The molecule has 0 amide bonds. The molecular weight excluding hydrogens is 220 g/mol. The van der Waals surface area contributed by atoms with Crippen molar-refractivity contribution in [2.45, 2.75) is 58.5 Å². The minimum absolute atomic E-state index is 0.144. The lowest BCUT2D eigenvalue weighted by molar-refractivity contribution is 0.108. The maximum atomic E-state index is 10.3. The molecule has 3 unspecified atom stereocenters. The monoisotopic (exact) mass is 246 g/mol. The molecule has 100 valence electrons. The van der Waals surface area contributed by atoms with Crippen molar-refractivity contribution >= 4 is 0 Å². The number of rotatable bonds is 5. The summed E-state index contributed by atoms with van der Waals surface area (Å²) in [6.07, 6.45) is 6.79. The van der Waals surface area contributed by atoms with Gasteiger partial charge in [0.15, 0.2) is 0 Å². The van der Waals surface area contributed by atoms with Gasteiger partial charge in [0, 0.05) is 0 Å². The van der Waals surface area contributed by atoms with Gasteiger partial charge in [-0.15, -0.1) is 0 Å². The summed E-state index contributed by atoms with van der Waals surface area (Å²) in [5.41, 5.74) is 2.65. The van der Waals surface area contributed by atoms with Crippen LogP contribution in [0.3, 0.4) is 0 Å². The molecule has 0 bridgehead atoms. The van der Waals surface area contributed by atoms with E-state index in [1.54, 1.807) is 0 Å². The van der Waals surface area contributed by atoms with Crippen LogP contribution in [0, 0.1) is 11.8 Å². The van der Waals surface area contributed by atoms with Crippen molar-refractivity contribution < 1.29 is 5.11 Å². The normalized spacial score (nSPS) is 25.3. The van der Waals surface area contributed by atoms with Gasteiger partial charge in [-0.3, -0.25) is 0 Å². The van der Waals surface area contributed by atoms with Crippen LogP contribution in [-0.4, -0.2) is 11.2 Å². The second-order valence-corrected chi connectivity index (χ2v) is 5.79. The molecule has 1 fully saturated rings. The van der Waals surface area contributed by atoms with E-state index >= 15 is 0 Å². The Morgan fingerprint density at radius 2 is 1.78 bits per heavy atom. The summed E-state index contributed by atoms with van der Waals surface area (Å²) in [4.78, 5) is 0. The van der Waals surface area contributed by atoms with Crippen molar-refractivity contribution in [3.8, 4) is 0 Å². The molecule has 0 heterocycles. The van der Waals surface area contributed by atoms with Crippen LogP contribution >= 0.6 is 0 Å². The maximum absolute atomic E-state index is 10.3. The highest BCUT2D eigenvalue weighted by molar-refractivity contribution is 5.23. The van der Waals surface area contributed by atoms with Crippen LogP contribution in [-0.2, 0) is 12.8 Å². The molecule has 1 heteroatoms. The van der Waals surface area contributed by atoms with Gasteiger partial charge in [-0.2, -0.15) is 0 Å². The maximum Gasteiger partial charge on any atom is 0.0608 e. The molecule has 2 rings (SSSR count). The molecular formula is C17H26O. The van der Waals surface area contributed by atoms with Gasteiger partial charge < -0.3 is 5.11 Å². The lowest BCUT2D eigenvalue weighted by Gasteiger charge is -2.18. The minimum Gasteiger partial charge on any atom is -0.392 e. The Bertz CT molecular complexity index is 354. The zero-order valence-corrected chi connectivity index (χ0v) is 11.7. The fourth-order valence-corrected chi connectivity index (χ4v) is 3.15. The van der Waals surface area contributed by atoms with E-state index in [9.17, 15) is 5.11 Å². The third-order valence-electron chi connectivity index (χ3n) is 4.58. The molecule has 0 spiro atoms. The van der Waals surface area contributed by atoms with Gasteiger partial charge in [0.05, 0.1) is 6.10 Å². The number of aryl methyl sites for hydroxylation is 1. The Morgan fingerprint density at radius 1 is 1.11 bits per heavy atom. The molecule has 1 aliphatic carbocycles. The first-order valence-electron chi connectivity index (χ1n) is 7.48. The number of aliphatic hydroxyl groups is 1. The fourth-order valence-electron chi connectivity index (χ4n) is 3.15. The Hall–Kier alpha value is -0.820. The quantitative estimate of drug-likeness (QED) is 0.833. The Kier molecular flexibility index (Phi) is 4.82. The third-order valence-corrected chi connectivity index (χ3v) is 4.58. The summed E-state index contributed by atoms with van der Waals surface area (Å²) in [7, 11) is 0. The Balaban J connectivity index is 1.88. The van der Waals surface area contributed by atoms with E-state index in [1.165, 1.54) is 36.8 Å². The van der Waals surface area contributed by atoms with E-state index in [0.29, 0.717) is 5.92 Å². The second kappa shape index (κ2) is 6.38. The van der Waals surface area contributed by atoms with Gasteiger partial charge in [0.2, 0.25) is 0 Å². The van der Waals surface area contributed by atoms with Crippen molar-refractivity contribution in [1.29, 1.82) is 0 Å². The van der Waals surface area contributed by atoms with Crippen LogP contribution in [0.1, 0.15) is 50.7 Å². The van der Waals surface area contributed by atoms with Crippen molar-refractivity contribution in [2.24, 2.45) is 11.8 Å². The van der Waals surface area contributed by atoms with Crippen LogP contribution in [0.25, 0.3) is 0 Å². The van der Waals surface area contributed by atoms with Crippen LogP contribution in [0.4, 0.5) is 0 Å². The summed E-state index contributed by atoms with van der Waals surface area (Å²) in [6.45, 7) is 4.44. The first kappa shape index (κ1) is 13.6. The SMILES string of the molecule is CCc1ccc(CC(O)C2CCC(CC)C2)cc1. The molecule has 1 aliphatic rings. The van der Waals surface area contributed by atoms with Crippen molar-refractivity contribution in [3.63, 3.8) is 0 Å². The molecule has 0 radical (unpaired) electrons. The topological polar surface area (TPSA) is 20.2 Å². The Morgan fingerprint density at radius 3 is 2.33 bits per heavy atom. The van der Waals surface area contributed by atoms with Crippen LogP contribution < -0.4 is 0 Å². The largest absolute Gasteiger partial charge is 0.392 e. The van der Waals surface area contributed by atoms with Crippen LogP contribution in [0.15, 0.2) is 24.3 Å². The van der Waals surface area contributed by atoms with E-state index < -0.39 is 0 Å². The van der Waals surface area contributed by atoms with E-state index in [-0.39, 0.29) is 6.10 Å². The van der Waals surface area contributed by atoms with Gasteiger partial charge in [0.25, 0.3) is 0 Å². The zero-order valence-electron chi connectivity index (χ0n) is 11.7. The number of hydrogen-bond acceptors (Lipinski definition) is 1. The first-order chi connectivity index (χ1) is 8.72. The summed E-state index contributed by atoms with van der Waals surface area (Å²) < 4.78 is 0. The van der Waals surface area contributed by atoms with E-state index in [2.05, 4.69) is 38.1 Å². The van der Waals surface area contributed by atoms with Gasteiger partial charge in [-0.25, -0.2) is 0 Å². The Labute approximate surface area is 111 Å². The molecule has 1 nitrogen and oxygen atoms in total. The van der Waals surface area contributed by atoms with E-state index in [0.717, 1.165) is 18.8 Å². The van der Waals surface area contributed by atoms with Crippen molar-refractivity contribution in [1.82, 2.24) is 0 Å². The second-order valence-electron chi connectivity index (χ2n) is 5.79. The average molecular weight is 246 g/mol. The first-order valence-corrected chi connectivity index (χ1v) is 7.48. The summed E-state index contributed by atoms with van der Waals surface area (Å²) in [5.74, 6) is 1.38. The summed E-state index contributed by atoms with van der Waals surface area (Å²) in [6, 6.07) is 8.72. The molecule has 1 aromatic carbocycles. The van der Waals surface area contributed by atoms with Gasteiger partial charge in [0.1, 0.15) is 0 Å². The molecule has 1 saturated carbocycles. The predicted molar refractivity (Wildman–Crippen MR) is 76.7 cm³/mol. The highest BCUT2D eigenvalue weighted by Gasteiger charge is 2.28. The molecule has 0 aromatic heterocycles. The predicted octanol–water partition coefficient (Wildman–Crippen LogP) is 3.98. The molecule has 18 heavy (non-hydrogen) atoms. The molecule has 1 N–H and O–H groups in total. The highest BCUT2D eigenvalue weighted by Crippen LogP contribution is 2.35. The van der Waals surface area contributed by atoms with E-state index in [1.807, 2.05) is 0 Å². The highest BCUT2D eigenvalue weighted by atomic mass is 16.3. The van der Waals surface area contributed by atoms with E-state index in [4.69, 9.17) is 0 Å². The van der Waals surface area contributed by atoms with Gasteiger partial charge in [-0.05, 0) is 48.6 Å². The summed E-state index contributed by atoms with van der Waals surface area (Å²) in [5, 5.41) is 10.3. The summed E-state index contributed by atoms with van der Waals surface area (Å²) >= 11 is 0. The number of hydrogen-bond donors (Lipinski definition) is 1. The smallest absolute Gasteiger partial charge is 0.0608 e. The number of aliphatic hydroxyl groups excluding tert-OH is 1. The average Bonchev–Trinajstić information content (AvgIpc) is 2.88. The fraction of sp³-hybridized carbons (Fsp3) is 0.647.